The Labute approximate surface area is 236 Å². The number of hydrogen-bond acceptors (Lipinski definition) is 5. The van der Waals surface area contributed by atoms with E-state index >= 15 is 0 Å². The molecular formula is C32H29ClN2O5. The molecule has 2 aliphatic heterocycles. The van der Waals surface area contributed by atoms with Crippen LogP contribution in [0.4, 0.5) is 5.69 Å². The first kappa shape index (κ1) is 26.3. The SMILES string of the molecule is Cc1ccccc1CN1C(=O)C2(c3ccccc31)c1c(oc3ccc(Cl)cc3c1=O)C(=O)N2CCCOC(C)C. The van der Waals surface area contributed by atoms with Gasteiger partial charge in [0.25, 0.3) is 11.8 Å². The lowest BCUT2D eigenvalue weighted by Crippen LogP contribution is -2.53. The van der Waals surface area contributed by atoms with Crippen LogP contribution in [-0.2, 0) is 21.6 Å². The first-order valence-electron chi connectivity index (χ1n) is 13.4. The molecule has 0 aliphatic carbocycles. The van der Waals surface area contributed by atoms with Gasteiger partial charge in [0.2, 0.25) is 5.76 Å². The molecule has 2 amide bonds. The molecule has 3 aromatic carbocycles. The maximum absolute atomic E-state index is 14.8. The third kappa shape index (κ3) is 3.87. The average molecular weight is 557 g/mol. The summed E-state index contributed by atoms with van der Waals surface area (Å²) < 4.78 is 11.8. The molecule has 8 heteroatoms. The zero-order valence-corrected chi connectivity index (χ0v) is 23.3. The molecule has 0 bridgehead atoms. The Balaban J connectivity index is 1.58. The number of hydrogen-bond donors (Lipinski definition) is 0. The molecule has 0 saturated carbocycles. The van der Waals surface area contributed by atoms with E-state index in [1.54, 1.807) is 17.0 Å². The normalized spacial score (nSPS) is 17.9. The highest BCUT2D eigenvalue weighted by molar-refractivity contribution is 6.31. The van der Waals surface area contributed by atoms with Gasteiger partial charge in [-0.25, -0.2) is 0 Å². The second-order valence-electron chi connectivity index (χ2n) is 10.6. The van der Waals surface area contributed by atoms with Crippen molar-refractivity contribution in [2.24, 2.45) is 0 Å². The van der Waals surface area contributed by atoms with Crippen LogP contribution in [0, 0.1) is 6.92 Å². The molecule has 0 radical (unpaired) electrons. The fourth-order valence-corrected chi connectivity index (χ4v) is 6.09. The molecule has 6 rings (SSSR count). The predicted molar refractivity (Wildman–Crippen MR) is 154 cm³/mol. The minimum atomic E-state index is -1.67. The third-order valence-corrected chi connectivity index (χ3v) is 8.00. The summed E-state index contributed by atoms with van der Waals surface area (Å²) >= 11 is 6.25. The zero-order chi connectivity index (χ0) is 28.2. The van der Waals surface area contributed by atoms with Gasteiger partial charge in [0.1, 0.15) is 5.58 Å². The highest BCUT2D eigenvalue weighted by atomic mass is 35.5. The Hall–Kier alpha value is -3.94. The fraction of sp³-hybridized carbons (Fsp3) is 0.281. The van der Waals surface area contributed by atoms with E-state index in [1.807, 2.05) is 69.3 Å². The van der Waals surface area contributed by atoms with Gasteiger partial charge in [0, 0.05) is 23.7 Å². The van der Waals surface area contributed by atoms with E-state index in [4.69, 9.17) is 20.8 Å². The topological polar surface area (TPSA) is 80.1 Å². The molecule has 1 atom stereocenters. The number of ether oxygens (including phenoxy) is 1. The second kappa shape index (κ2) is 9.91. The largest absolute Gasteiger partial charge is 0.450 e. The van der Waals surface area contributed by atoms with Gasteiger partial charge in [0.15, 0.2) is 11.0 Å². The number of amides is 2. The molecular weight excluding hydrogens is 528 g/mol. The molecule has 1 spiro atoms. The Kier molecular flexibility index (Phi) is 6.51. The second-order valence-corrected chi connectivity index (χ2v) is 11.0. The third-order valence-electron chi connectivity index (χ3n) is 7.76. The molecule has 1 aromatic heterocycles. The molecule has 3 heterocycles. The van der Waals surface area contributed by atoms with Gasteiger partial charge in [-0.1, -0.05) is 54.1 Å². The van der Waals surface area contributed by atoms with Crippen LogP contribution in [0.2, 0.25) is 5.02 Å². The van der Waals surface area contributed by atoms with Crippen molar-refractivity contribution in [3.05, 3.63) is 110 Å². The quantitative estimate of drug-likeness (QED) is 0.268. The Morgan fingerprint density at radius 2 is 1.75 bits per heavy atom. The van der Waals surface area contributed by atoms with Crippen LogP contribution in [0.3, 0.4) is 0 Å². The minimum Gasteiger partial charge on any atom is -0.450 e. The van der Waals surface area contributed by atoms with Crippen LogP contribution in [0.5, 0.6) is 0 Å². The number of anilines is 1. The van der Waals surface area contributed by atoms with Crippen molar-refractivity contribution >= 4 is 40.1 Å². The lowest BCUT2D eigenvalue weighted by atomic mass is 9.84. The molecule has 40 heavy (non-hydrogen) atoms. The number of fused-ring (bicyclic) bond motifs is 5. The van der Waals surface area contributed by atoms with E-state index in [9.17, 15) is 14.4 Å². The maximum atomic E-state index is 14.8. The van der Waals surface area contributed by atoms with E-state index in [2.05, 4.69) is 0 Å². The van der Waals surface area contributed by atoms with E-state index in [1.165, 1.54) is 11.0 Å². The van der Waals surface area contributed by atoms with E-state index in [-0.39, 0.29) is 40.8 Å². The Morgan fingerprint density at radius 1 is 1.00 bits per heavy atom. The van der Waals surface area contributed by atoms with Gasteiger partial charge in [0.05, 0.1) is 29.3 Å². The zero-order valence-electron chi connectivity index (χ0n) is 22.6. The first-order chi connectivity index (χ1) is 19.2. The van der Waals surface area contributed by atoms with Crippen molar-refractivity contribution in [1.29, 1.82) is 0 Å². The monoisotopic (exact) mass is 556 g/mol. The molecule has 7 nitrogen and oxygen atoms in total. The number of halogens is 1. The van der Waals surface area contributed by atoms with Gasteiger partial charge in [-0.05, 0) is 62.6 Å². The molecule has 0 fully saturated rings. The van der Waals surface area contributed by atoms with E-state index in [0.717, 1.165) is 11.1 Å². The summed E-state index contributed by atoms with van der Waals surface area (Å²) in [6, 6.07) is 19.9. The van der Waals surface area contributed by atoms with Crippen molar-refractivity contribution in [2.75, 3.05) is 18.1 Å². The van der Waals surface area contributed by atoms with Crippen molar-refractivity contribution in [3.8, 4) is 0 Å². The van der Waals surface area contributed by atoms with Gasteiger partial charge in [-0.15, -0.1) is 0 Å². The van der Waals surface area contributed by atoms with Crippen molar-refractivity contribution in [3.63, 3.8) is 0 Å². The van der Waals surface area contributed by atoms with Crippen LogP contribution in [-0.4, -0.2) is 36.0 Å². The van der Waals surface area contributed by atoms with Crippen molar-refractivity contribution < 1.29 is 18.7 Å². The Morgan fingerprint density at radius 3 is 2.52 bits per heavy atom. The van der Waals surface area contributed by atoms with E-state index < -0.39 is 16.9 Å². The number of para-hydroxylation sites is 1. The maximum Gasteiger partial charge on any atom is 0.291 e. The molecule has 0 N–H and O–H groups in total. The molecule has 0 saturated heterocycles. The number of carbonyl (C=O) groups excluding carboxylic acids is 2. The number of aryl methyl sites for hydroxylation is 1. The van der Waals surface area contributed by atoms with Crippen LogP contribution >= 0.6 is 11.6 Å². The number of nitrogens with zero attached hydrogens (tertiary/aromatic N) is 2. The predicted octanol–water partition coefficient (Wildman–Crippen LogP) is 5.82. The minimum absolute atomic E-state index is 0.0252. The summed E-state index contributed by atoms with van der Waals surface area (Å²) in [5.41, 5.74) is 1.44. The van der Waals surface area contributed by atoms with Gasteiger partial charge < -0.3 is 19.0 Å². The fourth-order valence-electron chi connectivity index (χ4n) is 5.92. The van der Waals surface area contributed by atoms with Crippen LogP contribution in [0.25, 0.3) is 11.0 Å². The molecule has 4 aromatic rings. The number of carbonyl (C=O) groups is 2. The summed E-state index contributed by atoms with van der Waals surface area (Å²) in [5.74, 6) is -0.956. The van der Waals surface area contributed by atoms with Crippen molar-refractivity contribution in [1.82, 2.24) is 4.90 Å². The molecule has 204 valence electrons. The summed E-state index contributed by atoms with van der Waals surface area (Å²) in [5, 5.41) is 0.589. The van der Waals surface area contributed by atoms with Gasteiger partial charge in [-0.2, -0.15) is 0 Å². The van der Waals surface area contributed by atoms with Crippen LogP contribution in [0.15, 0.2) is 75.9 Å². The van der Waals surface area contributed by atoms with Gasteiger partial charge in [-0.3, -0.25) is 14.4 Å². The summed E-state index contributed by atoms with van der Waals surface area (Å²) in [4.78, 5) is 46.3. The summed E-state index contributed by atoms with van der Waals surface area (Å²) in [6.07, 6.45) is 0.504. The lowest BCUT2D eigenvalue weighted by molar-refractivity contribution is -0.126. The number of rotatable bonds is 7. The van der Waals surface area contributed by atoms with E-state index in [0.29, 0.717) is 35.8 Å². The van der Waals surface area contributed by atoms with Crippen LogP contribution in [0.1, 0.15) is 53.1 Å². The lowest BCUT2D eigenvalue weighted by Gasteiger charge is -2.34. The Bertz CT molecular complexity index is 1730. The molecule has 1 unspecified atom stereocenters. The van der Waals surface area contributed by atoms with Gasteiger partial charge >= 0.3 is 0 Å². The standard InChI is InChI=1S/C32H29ClN2O5/c1-19(2)39-16-8-15-35-30(37)29-27(28(36)23-17-22(33)13-14-26(23)40-29)32(35)24-11-6-7-12-25(24)34(31(32)38)18-21-10-5-4-9-20(21)3/h4-7,9-14,17,19H,8,15-16,18H2,1-3H3. The smallest absolute Gasteiger partial charge is 0.291 e. The van der Waals surface area contributed by atoms with Crippen LogP contribution < -0.4 is 10.3 Å². The number of benzene rings is 3. The summed E-state index contributed by atoms with van der Waals surface area (Å²) in [7, 11) is 0. The van der Waals surface area contributed by atoms with Crippen molar-refractivity contribution in [2.45, 2.75) is 45.4 Å². The first-order valence-corrected chi connectivity index (χ1v) is 13.8. The molecule has 2 aliphatic rings. The highest BCUT2D eigenvalue weighted by Gasteiger charge is 2.64. The highest BCUT2D eigenvalue weighted by Crippen LogP contribution is 2.53. The summed E-state index contributed by atoms with van der Waals surface area (Å²) in [6.45, 7) is 6.77. The average Bonchev–Trinajstić information content (AvgIpc) is 3.32.